The van der Waals surface area contributed by atoms with Crippen LogP contribution in [-0.2, 0) is 4.79 Å². The van der Waals surface area contributed by atoms with Crippen molar-refractivity contribution < 1.29 is 13.9 Å². The number of hydrogen-bond acceptors (Lipinski definition) is 4. The van der Waals surface area contributed by atoms with E-state index in [9.17, 15) is 9.18 Å². The van der Waals surface area contributed by atoms with E-state index in [0.717, 1.165) is 29.8 Å². The van der Waals surface area contributed by atoms with E-state index in [1.807, 2.05) is 41.3 Å². The van der Waals surface area contributed by atoms with Gasteiger partial charge in [-0.15, -0.1) is 0 Å². The summed E-state index contributed by atoms with van der Waals surface area (Å²) in [5, 5.41) is 0. The number of benzene rings is 2. The Hall–Kier alpha value is -2.44. The van der Waals surface area contributed by atoms with Crippen LogP contribution in [0, 0.1) is 11.7 Å². The first kappa shape index (κ1) is 17.9. The second-order valence-electron chi connectivity index (χ2n) is 7.21. The summed E-state index contributed by atoms with van der Waals surface area (Å²) in [5.41, 5.74) is 8.50. The number of carbonyl (C=O) groups excluding carboxylic acids is 1. The third kappa shape index (κ3) is 3.68. The number of rotatable bonds is 4. The van der Waals surface area contributed by atoms with Crippen LogP contribution in [0.5, 0.6) is 5.75 Å². The van der Waals surface area contributed by atoms with Gasteiger partial charge in [0.1, 0.15) is 11.6 Å². The maximum Gasteiger partial charge on any atom is 0.229 e. The Morgan fingerprint density at radius 3 is 2.78 bits per heavy atom. The molecule has 2 aliphatic rings. The summed E-state index contributed by atoms with van der Waals surface area (Å²) in [7, 11) is 1.64. The van der Waals surface area contributed by atoms with E-state index in [1.165, 1.54) is 12.1 Å². The van der Waals surface area contributed by atoms with E-state index in [-0.39, 0.29) is 29.6 Å². The smallest absolute Gasteiger partial charge is 0.229 e. The minimum absolute atomic E-state index is 0.0857. The molecule has 0 saturated carbocycles. The molecule has 2 aromatic rings. The Kier molecular flexibility index (Phi) is 5.09. The van der Waals surface area contributed by atoms with Gasteiger partial charge >= 0.3 is 0 Å². The molecule has 0 bridgehead atoms. The number of nitrogens with zero attached hydrogens (tertiary/aromatic N) is 1. The second kappa shape index (κ2) is 7.66. The molecule has 2 heterocycles. The summed E-state index contributed by atoms with van der Waals surface area (Å²) >= 11 is 0. The van der Waals surface area contributed by atoms with E-state index in [0.29, 0.717) is 13.1 Å². The van der Waals surface area contributed by atoms with E-state index >= 15 is 0 Å². The Morgan fingerprint density at radius 2 is 2.00 bits per heavy atom. The lowest BCUT2D eigenvalue weighted by molar-refractivity contribution is -0.134. The summed E-state index contributed by atoms with van der Waals surface area (Å²) in [6, 6.07) is 14.4. The third-order valence-corrected chi connectivity index (χ3v) is 5.59. The van der Waals surface area contributed by atoms with Crippen LogP contribution in [-0.4, -0.2) is 37.6 Å². The molecule has 3 atom stereocenters. The summed E-state index contributed by atoms with van der Waals surface area (Å²) in [4.78, 5) is 15.1. The zero-order chi connectivity index (χ0) is 18.8. The minimum atomic E-state index is -0.228. The molecule has 2 aliphatic heterocycles. The van der Waals surface area contributed by atoms with Crippen molar-refractivity contribution in [3.05, 3.63) is 65.5 Å². The minimum Gasteiger partial charge on any atom is -0.497 e. The number of nitrogens with one attached hydrogen (secondary N) is 2. The van der Waals surface area contributed by atoms with Gasteiger partial charge in [-0.25, -0.2) is 9.82 Å². The molecule has 3 unspecified atom stereocenters. The third-order valence-electron chi connectivity index (χ3n) is 5.59. The van der Waals surface area contributed by atoms with Crippen LogP contribution >= 0.6 is 0 Å². The van der Waals surface area contributed by atoms with Crippen molar-refractivity contribution in [2.75, 3.05) is 26.7 Å². The van der Waals surface area contributed by atoms with Crippen LogP contribution in [0.3, 0.4) is 0 Å². The van der Waals surface area contributed by atoms with Gasteiger partial charge in [0.2, 0.25) is 5.91 Å². The molecular formula is C21H24FN3O2. The van der Waals surface area contributed by atoms with Gasteiger partial charge in [0.05, 0.1) is 19.1 Å². The van der Waals surface area contributed by atoms with Crippen LogP contribution in [0.2, 0.25) is 0 Å². The topological polar surface area (TPSA) is 53.6 Å². The van der Waals surface area contributed by atoms with Gasteiger partial charge < -0.3 is 9.64 Å². The molecule has 0 radical (unpaired) electrons. The maximum absolute atomic E-state index is 13.2. The molecule has 1 amide bonds. The van der Waals surface area contributed by atoms with E-state index in [4.69, 9.17) is 4.74 Å². The summed E-state index contributed by atoms with van der Waals surface area (Å²) < 4.78 is 18.5. The van der Waals surface area contributed by atoms with Crippen LogP contribution < -0.4 is 15.6 Å². The molecule has 2 aromatic carbocycles. The molecule has 2 N–H and O–H groups in total. The Morgan fingerprint density at radius 1 is 1.19 bits per heavy atom. The van der Waals surface area contributed by atoms with Gasteiger partial charge in [0.15, 0.2) is 0 Å². The first-order chi connectivity index (χ1) is 13.2. The fraction of sp³-hybridized carbons (Fsp3) is 0.381. The molecule has 6 heteroatoms. The molecule has 4 rings (SSSR count). The van der Waals surface area contributed by atoms with Crippen molar-refractivity contribution in [2.24, 2.45) is 5.92 Å². The highest BCUT2D eigenvalue weighted by atomic mass is 19.1. The van der Waals surface area contributed by atoms with Crippen molar-refractivity contribution >= 4 is 5.91 Å². The molecule has 2 saturated heterocycles. The van der Waals surface area contributed by atoms with Crippen molar-refractivity contribution in [1.29, 1.82) is 0 Å². The SMILES string of the molecule is COc1cccc(C2NNCC2C(=O)N2CCC(c3ccc(F)cc3)C2)c1. The van der Waals surface area contributed by atoms with Crippen LogP contribution in [0.1, 0.15) is 29.5 Å². The lowest BCUT2D eigenvalue weighted by atomic mass is 9.93. The molecular weight excluding hydrogens is 345 g/mol. The lowest BCUT2D eigenvalue weighted by Gasteiger charge is -2.24. The number of methoxy groups -OCH3 is 1. The van der Waals surface area contributed by atoms with E-state index in [2.05, 4.69) is 10.9 Å². The van der Waals surface area contributed by atoms with Crippen LogP contribution in [0.15, 0.2) is 48.5 Å². The summed E-state index contributed by atoms with van der Waals surface area (Å²) in [6.45, 7) is 2.02. The Balaban J connectivity index is 1.46. The number of hydrazine groups is 1. The molecule has 27 heavy (non-hydrogen) atoms. The maximum atomic E-state index is 13.2. The largest absolute Gasteiger partial charge is 0.497 e. The molecule has 5 nitrogen and oxygen atoms in total. The molecule has 0 spiro atoms. The van der Waals surface area contributed by atoms with Crippen molar-refractivity contribution in [3.63, 3.8) is 0 Å². The highest BCUT2D eigenvalue weighted by Gasteiger charge is 2.39. The van der Waals surface area contributed by atoms with E-state index < -0.39 is 0 Å². The van der Waals surface area contributed by atoms with E-state index in [1.54, 1.807) is 7.11 Å². The first-order valence-electron chi connectivity index (χ1n) is 9.32. The van der Waals surface area contributed by atoms with Crippen molar-refractivity contribution in [2.45, 2.75) is 18.4 Å². The zero-order valence-electron chi connectivity index (χ0n) is 15.3. The predicted octanol–water partition coefficient (Wildman–Crippen LogP) is 2.62. The predicted molar refractivity (Wildman–Crippen MR) is 101 cm³/mol. The molecule has 2 fully saturated rings. The molecule has 0 aromatic heterocycles. The van der Waals surface area contributed by atoms with Crippen molar-refractivity contribution in [1.82, 2.24) is 15.8 Å². The van der Waals surface area contributed by atoms with Gasteiger partial charge in [0.25, 0.3) is 0 Å². The van der Waals surface area contributed by atoms with Gasteiger partial charge in [-0.05, 0) is 41.8 Å². The molecule has 0 aliphatic carbocycles. The van der Waals surface area contributed by atoms with Gasteiger partial charge in [-0.3, -0.25) is 10.2 Å². The fourth-order valence-electron chi connectivity index (χ4n) is 4.08. The van der Waals surface area contributed by atoms with Gasteiger partial charge in [0, 0.05) is 25.6 Å². The van der Waals surface area contributed by atoms with Crippen LogP contribution in [0.25, 0.3) is 0 Å². The second-order valence-corrected chi connectivity index (χ2v) is 7.21. The van der Waals surface area contributed by atoms with Gasteiger partial charge in [-0.1, -0.05) is 24.3 Å². The highest BCUT2D eigenvalue weighted by molar-refractivity contribution is 5.81. The Labute approximate surface area is 158 Å². The number of ether oxygens (including phenoxy) is 1. The van der Waals surface area contributed by atoms with Crippen molar-refractivity contribution in [3.8, 4) is 5.75 Å². The normalized spacial score (nSPS) is 25.0. The van der Waals surface area contributed by atoms with Crippen LogP contribution in [0.4, 0.5) is 4.39 Å². The average Bonchev–Trinajstić information content (AvgIpc) is 3.38. The number of halogens is 1. The van der Waals surface area contributed by atoms with Gasteiger partial charge in [-0.2, -0.15) is 0 Å². The fourth-order valence-corrected chi connectivity index (χ4v) is 4.08. The Bertz CT molecular complexity index is 811. The first-order valence-corrected chi connectivity index (χ1v) is 9.32. The quantitative estimate of drug-likeness (QED) is 0.870. The number of carbonyl (C=O) groups is 1. The highest BCUT2D eigenvalue weighted by Crippen LogP contribution is 2.32. The lowest BCUT2D eigenvalue weighted by Crippen LogP contribution is -2.37. The monoisotopic (exact) mass is 369 g/mol. The summed E-state index contributed by atoms with van der Waals surface area (Å²) in [6.07, 6.45) is 0.911. The summed E-state index contributed by atoms with van der Waals surface area (Å²) in [5.74, 6) is 0.819. The molecule has 142 valence electrons. The number of hydrogen-bond donors (Lipinski definition) is 2. The number of amides is 1. The average molecular weight is 369 g/mol. The standard InChI is InChI=1S/C21H24FN3O2/c1-27-18-4-2-3-15(11-18)20-19(12-23-24-20)21(26)25-10-9-16(13-25)14-5-7-17(22)8-6-14/h2-8,11,16,19-20,23-24H,9-10,12-13H2,1H3. The number of likely N-dealkylation sites (tertiary alicyclic amines) is 1. The zero-order valence-corrected chi connectivity index (χ0v) is 15.3.